The van der Waals surface area contributed by atoms with Gasteiger partial charge in [0.25, 0.3) is 5.56 Å². The second kappa shape index (κ2) is 8.31. The molecule has 3 rings (SSSR count). The minimum atomic E-state index is -0.147. The topological polar surface area (TPSA) is 85.2 Å². The first-order valence-corrected chi connectivity index (χ1v) is 8.52. The van der Waals surface area contributed by atoms with Crippen LogP contribution in [0.1, 0.15) is 0 Å². The summed E-state index contributed by atoms with van der Waals surface area (Å²) in [5, 5.41) is 7.65. The van der Waals surface area contributed by atoms with E-state index in [0.717, 1.165) is 22.8 Å². The van der Waals surface area contributed by atoms with Crippen LogP contribution in [0.3, 0.4) is 0 Å². The molecular formula is C19H22N6O2. The molecule has 0 saturated carbocycles. The van der Waals surface area contributed by atoms with Gasteiger partial charge in [-0.25, -0.2) is 14.6 Å². The summed E-state index contributed by atoms with van der Waals surface area (Å²) in [5.74, 6) is 2.29. The summed E-state index contributed by atoms with van der Waals surface area (Å²) in [6.07, 6.45) is 1.51. The van der Waals surface area contributed by atoms with Gasteiger partial charge in [-0.1, -0.05) is 0 Å². The van der Waals surface area contributed by atoms with E-state index in [1.165, 1.54) is 17.1 Å². The predicted molar refractivity (Wildman–Crippen MR) is 105 cm³/mol. The van der Waals surface area contributed by atoms with Crippen LogP contribution in [-0.4, -0.2) is 47.5 Å². The summed E-state index contributed by atoms with van der Waals surface area (Å²) in [6, 6.07) is 12.7. The van der Waals surface area contributed by atoms with E-state index < -0.39 is 0 Å². The molecule has 140 valence electrons. The van der Waals surface area contributed by atoms with Crippen molar-refractivity contribution in [3.05, 3.63) is 59.1 Å². The number of nitrogens with one attached hydrogen (secondary N) is 1. The molecule has 0 fully saturated rings. The molecule has 1 N–H and O–H groups in total. The molecule has 2 heterocycles. The number of benzene rings is 1. The minimum absolute atomic E-state index is 0.147. The van der Waals surface area contributed by atoms with Gasteiger partial charge in [0.2, 0.25) is 0 Å². The summed E-state index contributed by atoms with van der Waals surface area (Å²) in [6.45, 7) is 0.937. The SMILES string of the molecule is COc1ccc(-c2ccc(=O)n(CCNc3cc(N(C)C)ncn3)n2)cc1. The van der Waals surface area contributed by atoms with Crippen LogP contribution in [0, 0.1) is 0 Å². The van der Waals surface area contributed by atoms with Crippen LogP contribution in [0.25, 0.3) is 11.3 Å². The largest absolute Gasteiger partial charge is 0.497 e. The standard InChI is InChI=1S/C19H22N6O2/c1-24(2)18-12-17(21-13-22-18)20-10-11-25-19(26)9-8-16(23-25)14-4-6-15(27-3)7-5-14/h4-9,12-13H,10-11H2,1-3H3,(H,20,21,22). The highest BCUT2D eigenvalue weighted by atomic mass is 16.5. The Kier molecular flexibility index (Phi) is 5.65. The molecule has 0 bridgehead atoms. The second-order valence-corrected chi connectivity index (χ2v) is 6.09. The zero-order valence-corrected chi connectivity index (χ0v) is 15.6. The number of rotatable bonds is 7. The van der Waals surface area contributed by atoms with Crippen molar-refractivity contribution in [2.45, 2.75) is 6.54 Å². The van der Waals surface area contributed by atoms with Gasteiger partial charge in [-0.05, 0) is 30.3 Å². The third kappa shape index (κ3) is 4.60. The highest BCUT2D eigenvalue weighted by Crippen LogP contribution is 2.19. The second-order valence-electron chi connectivity index (χ2n) is 6.09. The molecule has 8 heteroatoms. The fourth-order valence-corrected chi connectivity index (χ4v) is 2.50. The van der Waals surface area contributed by atoms with Crippen molar-refractivity contribution in [3.63, 3.8) is 0 Å². The molecule has 0 radical (unpaired) electrons. The molecule has 8 nitrogen and oxygen atoms in total. The number of anilines is 2. The lowest BCUT2D eigenvalue weighted by Crippen LogP contribution is -2.26. The first-order valence-electron chi connectivity index (χ1n) is 8.52. The zero-order valence-electron chi connectivity index (χ0n) is 15.6. The van der Waals surface area contributed by atoms with Gasteiger partial charge in [0, 0.05) is 38.3 Å². The van der Waals surface area contributed by atoms with Crippen molar-refractivity contribution in [2.24, 2.45) is 0 Å². The first-order chi connectivity index (χ1) is 13.1. The number of nitrogens with zero attached hydrogens (tertiary/aromatic N) is 5. The highest BCUT2D eigenvalue weighted by Gasteiger charge is 2.05. The summed E-state index contributed by atoms with van der Waals surface area (Å²) >= 11 is 0. The first kappa shape index (κ1) is 18.4. The maximum absolute atomic E-state index is 12.1. The van der Waals surface area contributed by atoms with Crippen molar-refractivity contribution >= 4 is 11.6 Å². The van der Waals surface area contributed by atoms with Crippen molar-refractivity contribution in [1.29, 1.82) is 0 Å². The van der Waals surface area contributed by atoms with Crippen LogP contribution in [0.15, 0.2) is 53.6 Å². The van der Waals surface area contributed by atoms with Crippen LogP contribution in [0.2, 0.25) is 0 Å². The van der Waals surface area contributed by atoms with E-state index in [4.69, 9.17) is 4.74 Å². The monoisotopic (exact) mass is 366 g/mol. The van der Waals surface area contributed by atoms with Crippen LogP contribution in [0.5, 0.6) is 5.75 Å². The normalized spacial score (nSPS) is 10.5. The molecule has 0 unspecified atom stereocenters. The fraction of sp³-hybridized carbons (Fsp3) is 0.263. The van der Waals surface area contributed by atoms with Crippen molar-refractivity contribution in [1.82, 2.24) is 19.7 Å². The Morgan fingerprint density at radius 1 is 1.11 bits per heavy atom. The summed E-state index contributed by atoms with van der Waals surface area (Å²) in [7, 11) is 5.46. The maximum atomic E-state index is 12.1. The van der Waals surface area contributed by atoms with E-state index in [0.29, 0.717) is 18.9 Å². The molecule has 0 aliphatic carbocycles. The van der Waals surface area contributed by atoms with Crippen LogP contribution >= 0.6 is 0 Å². The van der Waals surface area contributed by atoms with Gasteiger partial charge in [-0.15, -0.1) is 0 Å². The molecule has 3 aromatic rings. The van der Waals surface area contributed by atoms with Gasteiger partial charge in [0.15, 0.2) is 0 Å². The molecular weight excluding hydrogens is 344 g/mol. The number of hydrogen-bond donors (Lipinski definition) is 1. The summed E-state index contributed by atoms with van der Waals surface area (Å²) < 4.78 is 6.61. The lowest BCUT2D eigenvalue weighted by Gasteiger charge is -2.13. The van der Waals surface area contributed by atoms with E-state index >= 15 is 0 Å². The molecule has 1 aromatic carbocycles. The maximum Gasteiger partial charge on any atom is 0.266 e. The Labute approximate surface area is 157 Å². The smallest absolute Gasteiger partial charge is 0.266 e. The number of ether oxygens (including phenoxy) is 1. The van der Waals surface area contributed by atoms with Crippen LogP contribution in [0.4, 0.5) is 11.6 Å². The minimum Gasteiger partial charge on any atom is -0.497 e. The van der Waals surface area contributed by atoms with Gasteiger partial charge in [-0.3, -0.25) is 4.79 Å². The van der Waals surface area contributed by atoms with Gasteiger partial charge < -0.3 is 15.0 Å². The average molecular weight is 366 g/mol. The number of hydrogen-bond acceptors (Lipinski definition) is 7. The molecule has 0 spiro atoms. The zero-order chi connectivity index (χ0) is 19.2. The summed E-state index contributed by atoms with van der Waals surface area (Å²) in [4.78, 5) is 22.4. The van der Waals surface area contributed by atoms with Gasteiger partial charge in [0.1, 0.15) is 23.7 Å². The van der Waals surface area contributed by atoms with Crippen molar-refractivity contribution in [2.75, 3.05) is 38.0 Å². The molecule has 2 aromatic heterocycles. The van der Waals surface area contributed by atoms with Gasteiger partial charge in [-0.2, -0.15) is 5.10 Å². The Morgan fingerprint density at radius 2 is 1.89 bits per heavy atom. The molecule has 0 amide bonds. The number of methoxy groups -OCH3 is 1. The predicted octanol–water partition coefficient (Wildman–Crippen LogP) is 1.89. The van der Waals surface area contributed by atoms with E-state index in [9.17, 15) is 4.79 Å². The average Bonchev–Trinajstić information content (AvgIpc) is 2.70. The van der Waals surface area contributed by atoms with Crippen LogP contribution < -0.4 is 20.5 Å². The third-order valence-electron chi connectivity index (χ3n) is 3.99. The third-order valence-corrected chi connectivity index (χ3v) is 3.99. The van der Waals surface area contributed by atoms with Crippen molar-refractivity contribution in [3.8, 4) is 17.0 Å². The lowest BCUT2D eigenvalue weighted by atomic mass is 10.1. The lowest BCUT2D eigenvalue weighted by molar-refractivity contribution is 0.415. The van der Waals surface area contributed by atoms with E-state index in [2.05, 4.69) is 20.4 Å². The van der Waals surface area contributed by atoms with Gasteiger partial charge >= 0.3 is 0 Å². The Bertz CT molecular complexity index is 953. The van der Waals surface area contributed by atoms with Crippen LogP contribution in [-0.2, 0) is 6.54 Å². The van der Waals surface area contributed by atoms with Gasteiger partial charge in [0.05, 0.1) is 19.3 Å². The van der Waals surface area contributed by atoms with Crippen molar-refractivity contribution < 1.29 is 4.74 Å². The number of aromatic nitrogens is 4. The molecule has 27 heavy (non-hydrogen) atoms. The summed E-state index contributed by atoms with van der Waals surface area (Å²) in [5.41, 5.74) is 1.50. The van der Waals surface area contributed by atoms with E-state index in [-0.39, 0.29) is 5.56 Å². The highest BCUT2D eigenvalue weighted by molar-refractivity contribution is 5.59. The molecule has 0 saturated heterocycles. The van der Waals surface area contributed by atoms with E-state index in [1.807, 2.05) is 49.3 Å². The fourth-order valence-electron chi connectivity index (χ4n) is 2.50. The molecule has 0 atom stereocenters. The van der Waals surface area contributed by atoms with E-state index in [1.54, 1.807) is 13.2 Å². The Morgan fingerprint density at radius 3 is 2.59 bits per heavy atom. The molecule has 0 aliphatic rings. The quantitative estimate of drug-likeness (QED) is 0.683. The Hall–Kier alpha value is -3.42. The Balaban J connectivity index is 1.69. The molecule has 0 aliphatic heterocycles.